The number of esters is 1. The molecule has 1 atom stereocenters. The Kier molecular flexibility index (Phi) is 5.36. The van der Waals surface area contributed by atoms with Crippen molar-refractivity contribution < 1.29 is 19.1 Å². The molecule has 3 amide bonds. The highest BCUT2D eigenvalue weighted by atomic mass is 16.5. The third-order valence-electron chi connectivity index (χ3n) is 3.58. The monoisotopic (exact) mass is 364 g/mol. The molecule has 0 radical (unpaired) electrons. The molecule has 8 heteroatoms. The summed E-state index contributed by atoms with van der Waals surface area (Å²) in [6.07, 6.45) is 0.0875. The van der Waals surface area contributed by atoms with E-state index in [1.165, 1.54) is 13.1 Å². The molecule has 1 unspecified atom stereocenters. The quantitative estimate of drug-likeness (QED) is 0.688. The maximum atomic E-state index is 12.2. The Balaban J connectivity index is 1.58. The topological polar surface area (TPSA) is 110 Å². The molecule has 0 aliphatic heterocycles. The lowest BCUT2D eigenvalue weighted by Crippen LogP contribution is -2.41. The van der Waals surface area contributed by atoms with E-state index in [0.29, 0.717) is 16.7 Å². The fourth-order valence-corrected chi connectivity index (χ4v) is 2.23. The first-order valence-corrected chi connectivity index (χ1v) is 8.12. The van der Waals surface area contributed by atoms with E-state index in [-0.39, 0.29) is 5.69 Å². The lowest BCUT2D eigenvalue weighted by molar-refractivity contribution is -0.127. The van der Waals surface area contributed by atoms with Gasteiger partial charge in [-0.2, -0.15) is 0 Å². The molecule has 0 spiro atoms. The van der Waals surface area contributed by atoms with Crippen LogP contribution in [0.3, 0.4) is 0 Å². The zero-order valence-electron chi connectivity index (χ0n) is 14.4. The van der Waals surface area contributed by atoms with Gasteiger partial charge in [-0.05, 0) is 31.2 Å². The minimum atomic E-state index is -1.19. The molecule has 0 aliphatic carbocycles. The predicted octanol–water partition coefficient (Wildman–Crippen LogP) is 2.52. The number of nitrogens with zero attached hydrogens (tertiary/aromatic N) is 2. The molecule has 136 valence electrons. The summed E-state index contributed by atoms with van der Waals surface area (Å²) < 4.78 is 5.06. The fourth-order valence-electron chi connectivity index (χ4n) is 2.23. The lowest BCUT2D eigenvalue weighted by atomic mass is 10.3. The summed E-state index contributed by atoms with van der Waals surface area (Å²) in [4.78, 5) is 44.3. The standard InChI is InChI=1S/C19H16N4O4/c1-12(17(24)23-19(26)21-13-7-3-2-4-8-13)27-18(25)16-11-20-14-9-5-6-10-15(14)22-16/h2-12H,1H3,(H2,21,23,24,26). The van der Waals surface area contributed by atoms with Crippen LogP contribution in [0.1, 0.15) is 17.4 Å². The van der Waals surface area contributed by atoms with Crippen molar-refractivity contribution in [3.8, 4) is 0 Å². The van der Waals surface area contributed by atoms with Crippen LogP contribution in [-0.4, -0.2) is 34.0 Å². The minimum Gasteiger partial charge on any atom is -0.448 e. The number of para-hydroxylation sites is 3. The predicted molar refractivity (Wildman–Crippen MR) is 98.0 cm³/mol. The van der Waals surface area contributed by atoms with Crippen LogP contribution >= 0.6 is 0 Å². The second-order valence-corrected chi connectivity index (χ2v) is 5.60. The van der Waals surface area contributed by atoms with Gasteiger partial charge in [-0.1, -0.05) is 30.3 Å². The van der Waals surface area contributed by atoms with Crippen LogP contribution in [0, 0.1) is 0 Å². The van der Waals surface area contributed by atoms with Crippen molar-refractivity contribution >= 4 is 34.6 Å². The summed E-state index contributed by atoms with van der Waals surface area (Å²) in [5.74, 6) is -1.56. The van der Waals surface area contributed by atoms with Gasteiger partial charge in [0.2, 0.25) is 0 Å². The van der Waals surface area contributed by atoms with Gasteiger partial charge in [-0.15, -0.1) is 0 Å². The molecule has 0 fully saturated rings. The number of ether oxygens (including phenoxy) is 1. The molecule has 0 saturated carbocycles. The van der Waals surface area contributed by atoms with Gasteiger partial charge < -0.3 is 10.1 Å². The smallest absolute Gasteiger partial charge is 0.359 e. The molecule has 1 aromatic heterocycles. The molecular weight excluding hydrogens is 348 g/mol. The van der Waals surface area contributed by atoms with Crippen molar-refractivity contribution in [2.45, 2.75) is 13.0 Å². The Hall–Kier alpha value is -3.81. The molecule has 1 heterocycles. The number of hydrogen-bond donors (Lipinski definition) is 2. The minimum absolute atomic E-state index is 0.0258. The van der Waals surface area contributed by atoms with Gasteiger partial charge in [0.1, 0.15) is 0 Å². The largest absolute Gasteiger partial charge is 0.448 e. The van der Waals surface area contributed by atoms with E-state index in [1.807, 2.05) is 6.07 Å². The summed E-state index contributed by atoms with van der Waals surface area (Å²) in [6, 6.07) is 15.0. The average Bonchev–Trinajstić information content (AvgIpc) is 2.68. The van der Waals surface area contributed by atoms with Gasteiger partial charge in [0.15, 0.2) is 11.8 Å². The van der Waals surface area contributed by atoms with Crippen molar-refractivity contribution in [3.63, 3.8) is 0 Å². The number of aromatic nitrogens is 2. The molecule has 0 aliphatic rings. The summed E-state index contributed by atoms with van der Waals surface area (Å²) in [6.45, 7) is 1.36. The zero-order valence-corrected chi connectivity index (χ0v) is 14.4. The van der Waals surface area contributed by atoms with E-state index >= 15 is 0 Å². The number of rotatable bonds is 4. The first-order chi connectivity index (χ1) is 13.0. The third kappa shape index (κ3) is 4.63. The number of carbonyl (C=O) groups is 3. The Morgan fingerprint density at radius 1 is 0.963 bits per heavy atom. The second-order valence-electron chi connectivity index (χ2n) is 5.60. The molecule has 2 aromatic carbocycles. The summed E-state index contributed by atoms with van der Waals surface area (Å²) in [7, 11) is 0. The summed E-state index contributed by atoms with van der Waals surface area (Å²) >= 11 is 0. The highest BCUT2D eigenvalue weighted by Crippen LogP contribution is 2.10. The van der Waals surface area contributed by atoms with Gasteiger partial charge in [0.25, 0.3) is 5.91 Å². The zero-order chi connectivity index (χ0) is 19.2. The maximum Gasteiger partial charge on any atom is 0.359 e. The molecule has 27 heavy (non-hydrogen) atoms. The second kappa shape index (κ2) is 8.05. The maximum absolute atomic E-state index is 12.2. The molecular formula is C19H16N4O4. The van der Waals surface area contributed by atoms with E-state index < -0.39 is 24.0 Å². The number of fused-ring (bicyclic) bond motifs is 1. The van der Waals surface area contributed by atoms with Gasteiger partial charge in [0, 0.05) is 5.69 Å². The average molecular weight is 364 g/mol. The van der Waals surface area contributed by atoms with Crippen molar-refractivity contribution in [1.82, 2.24) is 15.3 Å². The van der Waals surface area contributed by atoms with Crippen LogP contribution in [0.15, 0.2) is 60.8 Å². The van der Waals surface area contributed by atoms with Gasteiger partial charge in [-0.25, -0.2) is 14.6 Å². The number of urea groups is 1. The van der Waals surface area contributed by atoms with Crippen LogP contribution < -0.4 is 10.6 Å². The number of amides is 3. The Labute approximate surface area is 154 Å². The Bertz CT molecular complexity index is 991. The Morgan fingerprint density at radius 2 is 1.63 bits per heavy atom. The van der Waals surface area contributed by atoms with Crippen LogP contribution in [0.25, 0.3) is 11.0 Å². The normalized spacial score (nSPS) is 11.4. The molecule has 8 nitrogen and oxygen atoms in total. The number of imide groups is 1. The number of anilines is 1. The highest BCUT2D eigenvalue weighted by Gasteiger charge is 2.22. The van der Waals surface area contributed by atoms with Crippen molar-refractivity contribution in [3.05, 3.63) is 66.5 Å². The van der Waals surface area contributed by atoms with E-state index in [4.69, 9.17) is 4.74 Å². The van der Waals surface area contributed by atoms with Gasteiger partial charge >= 0.3 is 12.0 Å². The highest BCUT2D eigenvalue weighted by molar-refractivity contribution is 6.03. The Morgan fingerprint density at radius 3 is 2.37 bits per heavy atom. The first-order valence-electron chi connectivity index (χ1n) is 8.12. The number of benzene rings is 2. The number of carbonyl (C=O) groups excluding carboxylic acids is 3. The molecule has 3 aromatic rings. The van der Waals surface area contributed by atoms with Crippen LogP contribution in [0.4, 0.5) is 10.5 Å². The lowest BCUT2D eigenvalue weighted by Gasteiger charge is -2.13. The number of hydrogen-bond acceptors (Lipinski definition) is 6. The summed E-state index contributed by atoms with van der Waals surface area (Å²) in [5, 5.41) is 4.61. The van der Waals surface area contributed by atoms with Crippen LogP contribution in [0.2, 0.25) is 0 Å². The van der Waals surface area contributed by atoms with E-state index in [9.17, 15) is 14.4 Å². The van der Waals surface area contributed by atoms with E-state index in [2.05, 4.69) is 20.6 Å². The molecule has 2 N–H and O–H groups in total. The van der Waals surface area contributed by atoms with Gasteiger partial charge in [-0.3, -0.25) is 15.1 Å². The third-order valence-corrected chi connectivity index (χ3v) is 3.58. The van der Waals surface area contributed by atoms with Crippen LogP contribution in [-0.2, 0) is 9.53 Å². The SMILES string of the molecule is CC(OC(=O)c1cnc2ccccc2n1)C(=O)NC(=O)Nc1ccccc1. The van der Waals surface area contributed by atoms with Crippen molar-refractivity contribution in [2.75, 3.05) is 5.32 Å². The molecule has 0 bridgehead atoms. The van der Waals surface area contributed by atoms with Crippen LogP contribution in [0.5, 0.6) is 0 Å². The molecule has 3 rings (SSSR count). The fraction of sp³-hybridized carbons (Fsp3) is 0.105. The molecule has 0 saturated heterocycles. The van der Waals surface area contributed by atoms with Crippen molar-refractivity contribution in [1.29, 1.82) is 0 Å². The van der Waals surface area contributed by atoms with Gasteiger partial charge in [0.05, 0.1) is 17.2 Å². The first kappa shape index (κ1) is 18.0. The number of nitrogens with one attached hydrogen (secondary N) is 2. The van der Waals surface area contributed by atoms with E-state index in [1.54, 1.807) is 48.5 Å². The van der Waals surface area contributed by atoms with E-state index in [0.717, 1.165) is 0 Å². The van der Waals surface area contributed by atoms with Crippen molar-refractivity contribution in [2.24, 2.45) is 0 Å². The summed E-state index contributed by atoms with van der Waals surface area (Å²) in [5.41, 5.74) is 1.67.